The van der Waals surface area contributed by atoms with Crippen molar-refractivity contribution in [2.45, 2.75) is 37.9 Å². The number of likely N-dealkylation sites (N-methyl/N-ethyl adjacent to an activating group) is 2. The summed E-state index contributed by atoms with van der Waals surface area (Å²) in [4.78, 5) is 41.1. The van der Waals surface area contributed by atoms with Gasteiger partial charge in [-0.15, -0.1) is 0 Å². The van der Waals surface area contributed by atoms with E-state index in [9.17, 15) is 31.9 Å². The molecule has 0 radical (unpaired) electrons. The van der Waals surface area contributed by atoms with Gasteiger partial charge >= 0.3 is 6.18 Å². The van der Waals surface area contributed by atoms with Gasteiger partial charge in [0.2, 0.25) is 5.91 Å². The lowest BCUT2D eigenvalue weighted by Crippen LogP contribution is -2.55. The Morgan fingerprint density at radius 2 is 1.72 bits per heavy atom. The summed E-state index contributed by atoms with van der Waals surface area (Å²) in [5.41, 5.74) is 1.06. The van der Waals surface area contributed by atoms with Crippen LogP contribution >= 0.6 is 0 Å². The molecular weight excluding hydrogens is 602 g/mol. The van der Waals surface area contributed by atoms with Crippen LogP contribution < -0.4 is 15.5 Å². The molecule has 1 aliphatic rings. The molecule has 0 aliphatic carbocycles. The van der Waals surface area contributed by atoms with Gasteiger partial charge < -0.3 is 10.6 Å². The molecule has 0 unspecified atom stereocenters. The number of hydrogen-bond donors (Lipinski definition) is 2. The van der Waals surface area contributed by atoms with Crippen LogP contribution in [0.3, 0.4) is 0 Å². The maximum atomic E-state index is 14.3. The quantitative estimate of drug-likeness (QED) is 0.186. The van der Waals surface area contributed by atoms with Gasteiger partial charge in [0.1, 0.15) is 17.7 Å². The fraction of sp³-hybridized carbons (Fsp3) is 0.235. The van der Waals surface area contributed by atoms with E-state index in [0.717, 1.165) is 18.2 Å². The third-order valence-corrected chi connectivity index (χ3v) is 7.75. The second-order valence-corrected chi connectivity index (χ2v) is 10.6. The number of halogens is 4. The summed E-state index contributed by atoms with van der Waals surface area (Å²) in [7, 11) is 1.52. The van der Waals surface area contributed by atoms with Gasteiger partial charge in [0.15, 0.2) is 0 Å². The molecule has 238 valence electrons. The third-order valence-electron chi connectivity index (χ3n) is 7.75. The number of benzene rings is 3. The van der Waals surface area contributed by atoms with Gasteiger partial charge in [0.25, 0.3) is 11.8 Å². The van der Waals surface area contributed by atoms with Gasteiger partial charge in [0.05, 0.1) is 16.9 Å². The van der Waals surface area contributed by atoms with Crippen molar-refractivity contribution in [1.29, 1.82) is 0 Å². The number of anilines is 1. The predicted octanol–water partition coefficient (Wildman–Crippen LogP) is 5.56. The summed E-state index contributed by atoms with van der Waals surface area (Å²) < 4.78 is 56.1. The first-order valence-corrected chi connectivity index (χ1v) is 14.6. The number of aromatic nitrogens is 2. The molecule has 0 saturated heterocycles. The molecule has 0 saturated carbocycles. The highest BCUT2D eigenvalue weighted by Crippen LogP contribution is 2.44. The monoisotopic (exact) mass is 633 g/mol. The van der Waals surface area contributed by atoms with E-state index in [2.05, 4.69) is 10.6 Å². The molecule has 3 aromatic carbocycles. The number of amides is 3. The number of fused-ring (bicyclic) bond motifs is 1. The first kappa shape index (κ1) is 32.1. The largest absolute Gasteiger partial charge is 0.416 e. The fourth-order valence-corrected chi connectivity index (χ4v) is 5.59. The molecule has 0 spiro atoms. The van der Waals surface area contributed by atoms with Crippen LogP contribution in [0.2, 0.25) is 0 Å². The molecule has 5 rings (SSSR count). The topological polar surface area (TPSA) is 96.3 Å². The molecule has 2 atom stereocenters. The Hall–Kier alpha value is -5.26. The minimum Gasteiger partial charge on any atom is -0.356 e. The van der Waals surface area contributed by atoms with Crippen molar-refractivity contribution >= 4 is 23.5 Å². The van der Waals surface area contributed by atoms with Gasteiger partial charge in [-0.05, 0) is 73.9 Å². The van der Waals surface area contributed by atoms with Gasteiger partial charge in [-0.2, -0.15) is 18.3 Å². The van der Waals surface area contributed by atoms with E-state index in [4.69, 9.17) is 5.10 Å². The molecule has 1 aliphatic heterocycles. The van der Waals surface area contributed by atoms with E-state index >= 15 is 0 Å². The SMILES string of the molecule is CCN1C(=O)[C@@H](NC(=O)c2cccc(C(F)(F)F)c2)[C@@H](c2ccc(F)cc2)c2c(CC/C=C/C(=O)NC)nn(-c3ccccc3)c21. The maximum Gasteiger partial charge on any atom is 0.416 e. The van der Waals surface area contributed by atoms with E-state index in [1.807, 2.05) is 30.3 Å². The lowest BCUT2D eigenvalue weighted by atomic mass is 9.80. The Balaban J connectivity index is 1.67. The number of allylic oxidation sites excluding steroid dienone is 1. The predicted molar refractivity (Wildman–Crippen MR) is 164 cm³/mol. The second-order valence-electron chi connectivity index (χ2n) is 10.6. The zero-order valence-electron chi connectivity index (χ0n) is 25.0. The molecule has 0 bridgehead atoms. The minimum absolute atomic E-state index is 0.187. The summed E-state index contributed by atoms with van der Waals surface area (Å²) in [6, 6.07) is 17.3. The van der Waals surface area contributed by atoms with E-state index in [1.165, 1.54) is 48.4 Å². The average Bonchev–Trinajstić information content (AvgIpc) is 3.42. The highest BCUT2D eigenvalue weighted by molar-refractivity contribution is 6.05. The summed E-state index contributed by atoms with van der Waals surface area (Å²) >= 11 is 0. The first-order chi connectivity index (χ1) is 22.0. The molecule has 4 aromatic rings. The van der Waals surface area contributed by atoms with Crippen molar-refractivity contribution in [3.8, 4) is 5.69 Å². The third kappa shape index (κ3) is 6.56. The van der Waals surface area contributed by atoms with Crippen LogP contribution in [-0.4, -0.2) is 47.1 Å². The van der Waals surface area contributed by atoms with Crippen LogP contribution in [0.4, 0.5) is 23.4 Å². The van der Waals surface area contributed by atoms with Crippen LogP contribution in [-0.2, 0) is 22.2 Å². The van der Waals surface area contributed by atoms with Gasteiger partial charge in [0, 0.05) is 30.6 Å². The van der Waals surface area contributed by atoms with Crippen molar-refractivity contribution in [3.05, 3.63) is 125 Å². The van der Waals surface area contributed by atoms with Crippen molar-refractivity contribution < 1.29 is 31.9 Å². The fourth-order valence-electron chi connectivity index (χ4n) is 5.59. The number of hydrogen-bond acceptors (Lipinski definition) is 4. The number of para-hydroxylation sites is 1. The zero-order valence-corrected chi connectivity index (χ0v) is 25.0. The molecular formula is C34H31F4N5O3. The van der Waals surface area contributed by atoms with Crippen LogP contribution in [0, 0.1) is 5.82 Å². The van der Waals surface area contributed by atoms with Gasteiger partial charge in [-0.1, -0.05) is 42.5 Å². The van der Waals surface area contributed by atoms with Gasteiger partial charge in [-0.3, -0.25) is 19.3 Å². The second kappa shape index (κ2) is 13.4. The number of carbonyl (C=O) groups is 3. The Morgan fingerprint density at radius 3 is 2.37 bits per heavy atom. The molecule has 2 N–H and O–H groups in total. The number of alkyl halides is 3. The van der Waals surface area contributed by atoms with Crippen molar-refractivity contribution in [3.63, 3.8) is 0 Å². The molecule has 1 aromatic heterocycles. The lowest BCUT2D eigenvalue weighted by Gasteiger charge is -2.38. The number of rotatable bonds is 9. The summed E-state index contributed by atoms with van der Waals surface area (Å²) in [5, 5.41) is 10.1. The zero-order chi connectivity index (χ0) is 33.0. The van der Waals surface area contributed by atoms with Crippen LogP contribution in [0.5, 0.6) is 0 Å². The summed E-state index contributed by atoms with van der Waals surface area (Å²) in [5.74, 6) is -2.58. The molecule has 2 heterocycles. The summed E-state index contributed by atoms with van der Waals surface area (Å²) in [6.07, 6.45) is -0.832. The lowest BCUT2D eigenvalue weighted by molar-refractivity contribution is -0.137. The van der Waals surface area contributed by atoms with E-state index < -0.39 is 41.3 Å². The Bertz CT molecular complexity index is 1770. The van der Waals surface area contributed by atoms with Crippen molar-refractivity contribution in [2.24, 2.45) is 0 Å². The Kier molecular flexibility index (Phi) is 9.36. The molecule has 3 amide bonds. The highest BCUT2D eigenvalue weighted by atomic mass is 19.4. The first-order valence-electron chi connectivity index (χ1n) is 14.6. The van der Waals surface area contributed by atoms with Crippen molar-refractivity contribution in [1.82, 2.24) is 20.4 Å². The Morgan fingerprint density at radius 1 is 1.00 bits per heavy atom. The molecule has 0 fully saturated rings. The highest BCUT2D eigenvalue weighted by Gasteiger charge is 2.46. The molecule has 8 nitrogen and oxygen atoms in total. The Labute approximate surface area is 262 Å². The molecule has 46 heavy (non-hydrogen) atoms. The number of aryl methyl sites for hydroxylation is 1. The van der Waals surface area contributed by atoms with Crippen LogP contribution in [0.15, 0.2) is 91.0 Å². The van der Waals surface area contributed by atoms with Crippen LogP contribution in [0.1, 0.15) is 52.0 Å². The average molecular weight is 634 g/mol. The minimum atomic E-state index is -4.67. The van der Waals surface area contributed by atoms with E-state index in [1.54, 1.807) is 17.7 Å². The van der Waals surface area contributed by atoms with Gasteiger partial charge in [-0.25, -0.2) is 9.07 Å². The summed E-state index contributed by atoms with van der Waals surface area (Å²) in [6.45, 7) is 1.95. The van der Waals surface area contributed by atoms with Crippen LogP contribution in [0.25, 0.3) is 5.69 Å². The van der Waals surface area contributed by atoms with E-state index in [0.29, 0.717) is 41.2 Å². The number of nitrogens with zero attached hydrogens (tertiary/aromatic N) is 3. The number of nitrogens with one attached hydrogen (secondary N) is 2. The smallest absolute Gasteiger partial charge is 0.356 e. The standard InChI is InChI=1S/C34H31F4N5O3/c1-3-42-32-29(26(14-7-8-15-27(44)39-2)41-43(32)25-12-5-4-6-13-25)28(21-16-18-24(35)19-17-21)30(33(42)46)40-31(45)22-10-9-11-23(20-22)34(36,37)38/h4-6,8-13,15-20,28,30H,3,7,14H2,1-2H3,(H,39,44)(H,40,45)/b15-8+/t28-,30-/m0/s1. The van der Waals surface area contributed by atoms with Crippen molar-refractivity contribution in [2.75, 3.05) is 18.5 Å². The molecule has 12 heteroatoms. The van der Waals surface area contributed by atoms with E-state index in [-0.39, 0.29) is 18.0 Å². The maximum absolute atomic E-state index is 14.3. The number of carbonyl (C=O) groups excluding carboxylic acids is 3. The normalized spacial score (nSPS) is 16.4.